The van der Waals surface area contributed by atoms with Crippen molar-refractivity contribution in [3.63, 3.8) is 0 Å². The van der Waals surface area contributed by atoms with Gasteiger partial charge in [-0.2, -0.15) is 0 Å². The molecule has 1 aromatic carbocycles. The number of para-hydroxylation sites is 1. The number of aromatic nitrogens is 1. The van der Waals surface area contributed by atoms with Crippen molar-refractivity contribution in [2.24, 2.45) is 0 Å². The number of benzene rings is 1. The number of halogens is 1. The average Bonchev–Trinajstić information content (AvgIpc) is 2.81. The fraction of sp³-hybridized carbons (Fsp3) is 0.143. The molecule has 0 atom stereocenters. The first-order valence-corrected chi connectivity index (χ1v) is 7.47. The average molecular weight is 354 g/mol. The highest BCUT2D eigenvalue weighted by Gasteiger charge is 2.08. The van der Waals surface area contributed by atoms with Gasteiger partial charge in [0.05, 0.1) is 4.47 Å². The summed E-state index contributed by atoms with van der Waals surface area (Å²) in [4.78, 5) is 14.9. The van der Waals surface area contributed by atoms with Crippen LogP contribution in [-0.4, -0.2) is 16.1 Å². The number of thiazole rings is 1. The highest BCUT2D eigenvalue weighted by atomic mass is 79.9. The highest BCUT2D eigenvalue weighted by molar-refractivity contribution is 9.10. The van der Waals surface area contributed by atoms with E-state index in [1.54, 1.807) is 6.07 Å². The van der Waals surface area contributed by atoms with E-state index in [1.165, 1.54) is 17.4 Å². The summed E-state index contributed by atoms with van der Waals surface area (Å²) in [6.45, 7) is 2.29. The molecule has 1 N–H and O–H groups in total. The highest BCUT2D eigenvalue weighted by Crippen LogP contribution is 2.31. The minimum absolute atomic E-state index is 0.356. The van der Waals surface area contributed by atoms with Crippen LogP contribution in [-0.2, 0) is 11.4 Å². The third-order valence-electron chi connectivity index (χ3n) is 2.41. The molecule has 1 heterocycles. The molecule has 6 heteroatoms. The minimum atomic E-state index is -0.994. The van der Waals surface area contributed by atoms with Crippen LogP contribution >= 0.6 is 27.3 Å². The lowest BCUT2D eigenvalue weighted by molar-refractivity contribution is -0.131. The normalized spacial score (nSPS) is 10.9. The van der Waals surface area contributed by atoms with E-state index >= 15 is 0 Å². The largest absolute Gasteiger partial charge is 0.485 e. The van der Waals surface area contributed by atoms with Crippen molar-refractivity contribution in [3.05, 3.63) is 50.4 Å². The molecule has 1 aromatic heterocycles. The van der Waals surface area contributed by atoms with Gasteiger partial charge < -0.3 is 9.84 Å². The molecule has 2 rings (SSSR count). The number of aliphatic carboxylic acids is 1. The van der Waals surface area contributed by atoms with E-state index in [0.717, 1.165) is 21.3 Å². The van der Waals surface area contributed by atoms with Gasteiger partial charge in [0.1, 0.15) is 17.4 Å². The van der Waals surface area contributed by atoms with Crippen LogP contribution in [0.1, 0.15) is 16.3 Å². The van der Waals surface area contributed by atoms with Crippen LogP contribution in [0, 0.1) is 6.92 Å². The number of carboxylic acid groups (broad SMARTS) is 1. The Labute approximate surface area is 128 Å². The van der Waals surface area contributed by atoms with Gasteiger partial charge in [-0.15, -0.1) is 11.3 Å². The van der Waals surface area contributed by atoms with Crippen molar-refractivity contribution >= 4 is 39.3 Å². The monoisotopic (exact) mass is 353 g/mol. The summed E-state index contributed by atoms with van der Waals surface area (Å²) in [7, 11) is 0. The molecule has 104 valence electrons. The zero-order valence-electron chi connectivity index (χ0n) is 10.7. The second-order valence-electron chi connectivity index (χ2n) is 4.00. The van der Waals surface area contributed by atoms with E-state index in [-0.39, 0.29) is 0 Å². The number of hydrogen-bond donors (Lipinski definition) is 1. The first kappa shape index (κ1) is 14.7. The van der Waals surface area contributed by atoms with Crippen LogP contribution in [0.25, 0.3) is 6.08 Å². The fourth-order valence-corrected chi connectivity index (χ4v) is 2.75. The Kier molecular flexibility index (Phi) is 4.92. The van der Waals surface area contributed by atoms with Crippen molar-refractivity contribution in [1.82, 2.24) is 4.98 Å². The van der Waals surface area contributed by atoms with E-state index in [9.17, 15) is 4.79 Å². The van der Waals surface area contributed by atoms with Gasteiger partial charge in [0.15, 0.2) is 0 Å². The molecule has 0 amide bonds. The van der Waals surface area contributed by atoms with Crippen molar-refractivity contribution < 1.29 is 14.6 Å². The smallest absolute Gasteiger partial charge is 0.328 e. The first-order valence-electron chi connectivity index (χ1n) is 5.79. The third kappa shape index (κ3) is 3.91. The Morgan fingerprint density at radius 1 is 1.55 bits per heavy atom. The maximum absolute atomic E-state index is 10.6. The van der Waals surface area contributed by atoms with Gasteiger partial charge in [-0.05, 0) is 35.0 Å². The zero-order chi connectivity index (χ0) is 14.5. The minimum Gasteiger partial charge on any atom is -0.485 e. The lowest BCUT2D eigenvalue weighted by atomic mass is 10.2. The molecule has 4 nitrogen and oxygen atoms in total. The van der Waals surface area contributed by atoms with Gasteiger partial charge in [0.2, 0.25) is 0 Å². The molecule has 0 fully saturated rings. The van der Waals surface area contributed by atoms with Gasteiger partial charge in [-0.3, -0.25) is 0 Å². The number of ether oxygens (including phenoxy) is 1. The van der Waals surface area contributed by atoms with E-state index < -0.39 is 5.97 Å². The Hall–Kier alpha value is -1.66. The van der Waals surface area contributed by atoms with Crippen molar-refractivity contribution in [3.8, 4) is 5.75 Å². The van der Waals surface area contributed by atoms with Crippen molar-refractivity contribution in [2.75, 3.05) is 0 Å². The summed E-state index contributed by atoms with van der Waals surface area (Å²) in [6.07, 6.45) is 2.59. The molecule has 0 aliphatic rings. The number of aryl methyl sites for hydroxylation is 1. The summed E-state index contributed by atoms with van der Waals surface area (Å²) < 4.78 is 6.53. The van der Waals surface area contributed by atoms with E-state index in [0.29, 0.717) is 17.9 Å². The van der Waals surface area contributed by atoms with E-state index in [2.05, 4.69) is 20.9 Å². The summed E-state index contributed by atoms with van der Waals surface area (Å²) in [5.41, 5.74) is 1.67. The standard InChI is InChI=1S/C14H12BrNO3S/c1-9-8-20-12(16-9)7-19-14-10(5-6-13(17)18)3-2-4-11(14)15/h2-6,8H,7H2,1H3,(H,17,18)/b6-5+. The molecule has 0 saturated heterocycles. The predicted molar refractivity (Wildman–Crippen MR) is 82.0 cm³/mol. The molecule has 0 radical (unpaired) electrons. The Morgan fingerprint density at radius 3 is 3.00 bits per heavy atom. The molecular weight excluding hydrogens is 342 g/mol. The van der Waals surface area contributed by atoms with E-state index in [1.807, 2.05) is 24.4 Å². The van der Waals surface area contributed by atoms with Gasteiger partial charge in [-0.25, -0.2) is 9.78 Å². The van der Waals surface area contributed by atoms with Crippen molar-refractivity contribution in [2.45, 2.75) is 13.5 Å². The SMILES string of the molecule is Cc1csc(COc2c(Br)cccc2/C=C/C(=O)O)n1. The maximum Gasteiger partial charge on any atom is 0.328 e. The third-order valence-corrected chi connectivity index (χ3v) is 3.97. The van der Waals surface area contributed by atoms with Gasteiger partial charge in [-0.1, -0.05) is 12.1 Å². The molecule has 20 heavy (non-hydrogen) atoms. The number of hydrogen-bond acceptors (Lipinski definition) is 4. The lowest BCUT2D eigenvalue weighted by Crippen LogP contribution is -1.98. The number of nitrogens with zero attached hydrogens (tertiary/aromatic N) is 1. The Balaban J connectivity index is 2.19. The van der Waals surface area contributed by atoms with Crippen LogP contribution in [0.15, 0.2) is 34.1 Å². The number of carbonyl (C=O) groups is 1. The molecule has 0 aliphatic heterocycles. The van der Waals surface area contributed by atoms with Gasteiger partial charge in [0.25, 0.3) is 0 Å². The topological polar surface area (TPSA) is 59.4 Å². The van der Waals surface area contributed by atoms with E-state index in [4.69, 9.17) is 9.84 Å². The molecule has 0 spiro atoms. The Bertz CT molecular complexity index is 652. The molecule has 0 aliphatic carbocycles. The van der Waals surface area contributed by atoms with Crippen LogP contribution in [0.3, 0.4) is 0 Å². The zero-order valence-corrected chi connectivity index (χ0v) is 13.1. The van der Waals surface area contributed by atoms with Crippen LogP contribution in [0.4, 0.5) is 0 Å². The first-order chi connectivity index (χ1) is 9.56. The second-order valence-corrected chi connectivity index (χ2v) is 5.80. The predicted octanol–water partition coefficient (Wildman–Crippen LogP) is 3.89. The number of rotatable bonds is 5. The van der Waals surface area contributed by atoms with Crippen LogP contribution in [0.5, 0.6) is 5.75 Å². The Morgan fingerprint density at radius 2 is 2.35 bits per heavy atom. The van der Waals surface area contributed by atoms with Gasteiger partial charge >= 0.3 is 5.97 Å². The summed E-state index contributed by atoms with van der Waals surface area (Å²) in [6, 6.07) is 5.47. The summed E-state index contributed by atoms with van der Waals surface area (Å²) in [5, 5.41) is 11.5. The summed E-state index contributed by atoms with van der Waals surface area (Å²) in [5.74, 6) is -0.385. The molecule has 0 saturated carbocycles. The van der Waals surface area contributed by atoms with Crippen LogP contribution < -0.4 is 4.74 Å². The van der Waals surface area contributed by atoms with Crippen LogP contribution in [0.2, 0.25) is 0 Å². The summed E-state index contributed by atoms with van der Waals surface area (Å²) >= 11 is 4.94. The second kappa shape index (κ2) is 6.67. The maximum atomic E-state index is 10.6. The quantitative estimate of drug-likeness (QED) is 0.828. The molecule has 2 aromatic rings. The molecule has 0 bridgehead atoms. The molecule has 0 unspecified atom stereocenters. The lowest BCUT2D eigenvalue weighted by Gasteiger charge is -2.09. The van der Waals surface area contributed by atoms with Crippen molar-refractivity contribution in [1.29, 1.82) is 0 Å². The fourth-order valence-electron chi connectivity index (χ4n) is 1.57. The molecular formula is C14H12BrNO3S. The van der Waals surface area contributed by atoms with Gasteiger partial charge in [0, 0.05) is 22.7 Å². The number of carboxylic acids is 1.